The van der Waals surface area contributed by atoms with Crippen molar-refractivity contribution in [2.45, 2.75) is 33.2 Å². The van der Waals surface area contributed by atoms with Crippen molar-refractivity contribution >= 4 is 0 Å². The molecule has 0 aromatic heterocycles. The molecule has 0 amide bonds. The van der Waals surface area contributed by atoms with Crippen LogP contribution in [0.3, 0.4) is 0 Å². The molecule has 1 heteroatoms. The van der Waals surface area contributed by atoms with E-state index < -0.39 is 0 Å². The van der Waals surface area contributed by atoms with Gasteiger partial charge in [-0.2, -0.15) is 0 Å². The molecule has 0 saturated carbocycles. The van der Waals surface area contributed by atoms with Gasteiger partial charge in [0.05, 0.1) is 6.04 Å². The van der Waals surface area contributed by atoms with Crippen molar-refractivity contribution < 1.29 is 0 Å². The van der Waals surface area contributed by atoms with Crippen LogP contribution in [0.2, 0.25) is 0 Å². The number of nitrogens with one attached hydrogen (secondary N) is 1. The van der Waals surface area contributed by atoms with E-state index in [1.807, 2.05) is 6.92 Å². The molecule has 58 valence electrons. The molecule has 0 bridgehead atoms. The predicted molar refractivity (Wildman–Crippen MR) is 45.8 cm³/mol. The molecule has 0 rings (SSSR count). The highest BCUT2D eigenvalue weighted by molar-refractivity contribution is 4.95. The Morgan fingerprint density at radius 2 is 2.10 bits per heavy atom. The minimum absolute atomic E-state index is 0.217. The van der Waals surface area contributed by atoms with Gasteiger partial charge in [-0.05, 0) is 19.4 Å². The Hall–Kier alpha value is -0.480. The molecular weight excluding hydrogens is 122 g/mol. The van der Waals surface area contributed by atoms with Gasteiger partial charge in [-0.25, -0.2) is 0 Å². The first-order valence-electron chi connectivity index (χ1n) is 3.90. The van der Waals surface area contributed by atoms with Crippen molar-refractivity contribution in [3.63, 3.8) is 0 Å². The van der Waals surface area contributed by atoms with Crippen LogP contribution >= 0.6 is 0 Å². The first-order chi connectivity index (χ1) is 4.70. The molecule has 0 saturated heterocycles. The molecule has 0 aromatic carbocycles. The lowest BCUT2D eigenvalue weighted by molar-refractivity contribution is 0.488. The van der Waals surface area contributed by atoms with Gasteiger partial charge in [-0.3, -0.25) is 0 Å². The highest BCUT2D eigenvalue weighted by atomic mass is 14.9. The summed E-state index contributed by atoms with van der Waals surface area (Å²) in [7, 11) is 0. The van der Waals surface area contributed by atoms with Gasteiger partial charge >= 0.3 is 0 Å². The summed E-state index contributed by atoms with van der Waals surface area (Å²) < 4.78 is 0. The monoisotopic (exact) mass is 139 g/mol. The van der Waals surface area contributed by atoms with E-state index in [4.69, 9.17) is 6.42 Å². The van der Waals surface area contributed by atoms with Gasteiger partial charge in [0, 0.05) is 0 Å². The van der Waals surface area contributed by atoms with Crippen LogP contribution in [0.25, 0.3) is 0 Å². The summed E-state index contributed by atoms with van der Waals surface area (Å²) in [4.78, 5) is 0. The third-order valence-corrected chi connectivity index (χ3v) is 1.72. The summed E-state index contributed by atoms with van der Waals surface area (Å²) in [6.07, 6.45) is 6.40. The van der Waals surface area contributed by atoms with E-state index in [0.29, 0.717) is 0 Å². The lowest BCUT2D eigenvalue weighted by Crippen LogP contribution is -2.28. The molecule has 0 aliphatic rings. The molecule has 1 nitrogen and oxygen atoms in total. The van der Waals surface area contributed by atoms with Crippen LogP contribution in [-0.4, -0.2) is 12.6 Å². The number of rotatable bonds is 4. The van der Waals surface area contributed by atoms with Crippen molar-refractivity contribution in [3.8, 4) is 12.3 Å². The average molecular weight is 139 g/mol. The molecule has 0 aliphatic carbocycles. The van der Waals surface area contributed by atoms with Crippen LogP contribution in [-0.2, 0) is 0 Å². The normalized spacial score (nSPS) is 15.8. The lowest BCUT2D eigenvalue weighted by Gasteiger charge is -2.11. The van der Waals surface area contributed by atoms with Gasteiger partial charge in [0.25, 0.3) is 0 Å². The van der Waals surface area contributed by atoms with Gasteiger partial charge < -0.3 is 5.32 Å². The zero-order valence-corrected chi connectivity index (χ0v) is 7.15. The maximum absolute atomic E-state index is 5.19. The van der Waals surface area contributed by atoms with E-state index in [1.165, 1.54) is 6.42 Å². The van der Waals surface area contributed by atoms with Crippen molar-refractivity contribution in [3.05, 3.63) is 0 Å². The van der Waals surface area contributed by atoms with Gasteiger partial charge in [0.15, 0.2) is 0 Å². The Morgan fingerprint density at radius 1 is 1.50 bits per heavy atom. The fourth-order valence-corrected chi connectivity index (χ4v) is 0.581. The molecule has 0 aliphatic heterocycles. The van der Waals surface area contributed by atoms with Gasteiger partial charge in [-0.15, -0.1) is 6.42 Å². The minimum atomic E-state index is 0.217. The fraction of sp³-hybridized carbons (Fsp3) is 0.778. The van der Waals surface area contributed by atoms with Crippen LogP contribution < -0.4 is 5.32 Å². The second-order valence-electron chi connectivity index (χ2n) is 2.81. The highest BCUT2D eigenvalue weighted by Crippen LogP contribution is 1.97. The summed E-state index contributed by atoms with van der Waals surface area (Å²) in [5, 5.41) is 3.25. The molecule has 0 heterocycles. The molecule has 1 N–H and O–H groups in total. The van der Waals surface area contributed by atoms with Crippen LogP contribution in [0.15, 0.2) is 0 Å². The summed E-state index contributed by atoms with van der Waals surface area (Å²) in [5.41, 5.74) is 0. The number of terminal acetylenes is 1. The van der Waals surface area contributed by atoms with Crippen LogP contribution in [0.4, 0.5) is 0 Å². The Kier molecular flexibility index (Phi) is 5.06. The fourth-order valence-electron chi connectivity index (χ4n) is 0.581. The zero-order valence-electron chi connectivity index (χ0n) is 7.15. The summed E-state index contributed by atoms with van der Waals surface area (Å²) in [6.45, 7) is 7.44. The highest BCUT2D eigenvalue weighted by Gasteiger charge is 1.99. The lowest BCUT2D eigenvalue weighted by atomic mass is 10.1. The summed E-state index contributed by atoms with van der Waals surface area (Å²) in [5.74, 6) is 3.37. The van der Waals surface area contributed by atoms with Crippen LogP contribution in [0.5, 0.6) is 0 Å². The molecule has 0 aromatic rings. The second-order valence-corrected chi connectivity index (χ2v) is 2.81. The smallest absolute Gasteiger partial charge is 0.0658 e. The van der Waals surface area contributed by atoms with Crippen molar-refractivity contribution in [1.29, 1.82) is 0 Å². The maximum atomic E-state index is 5.19. The Balaban J connectivity index is 3.28. The third kappa shape index (κ3) is 4.40. The topological polar surface area (TPSA) is 12.0 Å². The SMILES string of the molecule is C#CC(C)NCC(C)CC. The van der Waals surface area contributed by atoms with E-state index in [0.717, 1.165) is 12.5 Å². The summed E-state index contributed by atoms with van der Waals surface area (Å²) >= 11 is 0. The minimum Gasteiger partial charge on any atom is -0.304 e. The first-order valence-corrected chi connectivity index (χ1v) is 3.90. The molecular formula is C9H17N. The molecule has 2 unspecified atom stereocenters. The van der Waals surface area contributed by atoms with Gasteiger partial charge in [0.2, 0.25) is 0 Å². The Labute approximate surface area is 64.2 Å². The third-order valence-electron chi connectivity index (χ3n) is 1.72. The average Bonchev–Trinajstić information content (AvgIpc) is 1.99. The predicted octanol–water partition coefficient (Wildman–Crippen LogP) is 1.64. The summed E-state index contributed by atoms with van der Waals surface area (Å²) in [6, 6.07) is 0.217. The quantitative estimate of drug-likeness (QED) is 0.584. The molecule has 0 spiro atoms. The van der Waals surface area contributed by atoms with E-state index in [9.17, 15) is 0 Å². The van der Waals surface area contributed by atoms with Gasteiger partial charge in [0.1, 0.15) is 0 Å². The van der Waals surface area contributed by atoms with E-state index >= 15 is 0 Å². The Bertz CT molecular complexity index is 112. The van der Waals surface area contributed by atoms with Crippen molar-refractivity contribution in [2.75, 3.05) is 6.54 Å². The van der Waals surface area contributed by atoms with E-state index in [-0.39, 0.29) is 6.04 Å². The van der Waals surface area contributed by atoms with E-state index in [2.05, 4.69) is 25.1 Å². The maximum Gasteiger partial charge on any atom is 0.0658 e. The Morgan fingerprint density at radius 3 is 2.50 bits per heavy atom. The van der Waals surface area contributed by atoms with Crippen LogP contribution in [0.1, 0.15) is 27.2 Å². The van der Waals surface area contributed by atoms with Crippen molar-refractivity contribution in [1.82, 2.24) is 5.32 Å². The largest absolute Gasteiger partial charge is 0.304 e. The number of hydrogen-bond donors (Lipinski definition) is 1. The van der Waals surface area contributed by atoms with Crippen molar-refractivity contribution in [2.24, 2.45) is 5.92 Å². The molecule has 0 radical (unpaired) electrons. The zero-order chi connectivity index (χ0) is 7.98. The number of hydrogen-bond acceptors (Lipinski definition) is 1. The molecule has 0 fully saturated rings. The van der Waals surface area contributed by atoms with Gasteiger partial charge in [-0.1, -0.05) is 26.2 Å². The molecule has 2 atom stereocenters. The van der Waals surface area contributed by atoms with Crippen LogP contribution in [0, 0.1) is 18.3 Å². The van der Waals surface area contributed by atoms with E-state index in [1.54, 1.807) is 0 Å². The second kappa shape index (κ2) is 5.32. The molecule has 10 heavy (non-hydrogen) atoms. The standard InChI is InChI=1S/C9H17N/c1-5-8(3)7-10-9(4)6-2/h2,8-10H,5,7H2,1,3-4H3. The first kappa shape index (κ1) is 9.52.